The van der Waals surface area contributed by atoms with Gasteiger partial charge in [0.2, 0.25) is 0 Å². The molecular weight excluding hydrogens is 320 g/mol. The van der Waals surface area contributed by atoms with Gasteiger partial charge in [-0.1, -0.05) is 80.9 Å². The second-order valence-electron chi connectivity index (χ2n) is 7.17. The summed E-state index contributed by atoms with van der Waals surface area (Å²) in [5.41, 5.74) is 4.06. The second kappa shape index (κ2) is 9.01. The lowest BCUT2D eigenvalue weighted by Gasteiger charge is -2.20. The van der Waals surface area contributed by atoms with Gasteiger partial charge in [0.1, 0.15) is 0 Å². The van der Waals surface area contributed by atoms with Crippen molar-refractivity contribution in [1.29, 1.82) is 0 Å². The van der Waals surface area contributed by atoms with Crippen molar-refractivity contribution in [2.45, 2.75) is 39.5 Å². The number of hydrogen-bond acceptors (Lipinski definition) is 1. The predicted molar refractivity (Wildman–Crippen MR) is 111 cm³/mol. The van der Waals surface area contributed by atoms with Gasteiger partial charge in [-0.2, -0.15) is 0 Å². The maximum atomic E-state index is 2.39. The molecule has 2 aromatic carbocycles. The van der Waals surface area contributed by atoms with Gasteiger partial charge in [0.25, 0.3) is 0 Å². The molecule has 0 aliphatic heterocycles. The molecule has 3 rings (SSSR count). The van der Waals surface area contributed by atoms with Gasteiger partial charge in [-0.3, -0.25) is 0 Å². The zero-order valence-electron chi connectivity index (χ0n) is 15.3. The molecule has 25 heavy (non-hydrogen) atoms. The molecular formula is C24H28S. The third-order valence-electron chi connectivity index (χ3n) is 5.09. The van der Waals surface area contributed by atoms with Crippen LogP contribution in [0.2, 0.25) is 0 Å². The highest BCUT2D eigenvalue weighted by molar-refractivity contribution is 7.09. The molecule has 130 valence electrons. The monoisotopic (exact) mass is 348 g/mol. The van der Waals surface area contributed by atoms with Crippen molar-refractivity contribution in [3.8, 4) is 11.1 Å². The third-order valence-corrected chi connectivity index (χ3v) is 5.99. The van der Waals surface area contributed by atoms with Gasteiger partial charge < -0.3 is 0 Å². The Balaban J connectivity index is 1.70. The van der Waals surface area contributed by atoms with Crippen LogP contribution in [0.15, 0.2) is 72.1 Å². The second-order valence-corrected chi connectivity index (χ2v) is 8.20. The van der Waals surface area contributed by atoms with Gasteiger partial charge in [0.15, 0.2) is 0 Å². The fourth-order valence-corrected chi connectivity index (χ4v) is 4.31. The highest BCUT2D eigenvalue weighted by Crippen LogP contribution is 2.26. The van der Waals surface area contributed by atoms with Crippen molar-refractivity contribution < 1.29 is 0 Å². The molecule has 0 nitrogen and oxygen atoms in total. The number of rotatable bonds is 8. The largest absolute Gasteiger partial charge is 0.149 e. The smallest absolute Gasteiger partial charge is 0.00480 e. The van der Waals surface area contributed by atoms with Crippen molar-refractivity contribution >= 4 is 11.3 Å². The first-order chi connectivity index (χ1) is 12.2. The zero-order valence-corrected chi connectivity index (χ0v) is 16.1. The molecule has 0 bridgehead atoms. The van der Waals surface area contributed by atoms with Crippen LogP contribution in [-0.4, -0.2) is 0 Å². The average molecular weight is 349 g/mol. The summed E-state index contributed by atoms with van der Waals surface area (Å²) in [5.74, 6) is 1.53. The maximum absolute atomic E-state index is 2.39. The number of benzene rings is 2. The maximum Gasteiger partial charge on any atom is 0.00480 e. The topological polar surface area (TPSA) is 0 Å². The van der Waals surface area contributed by atoms with E-state index in [1.807, 2.05) is 11.3 Å². The van der Waals surface area contributed by atoms with Crippen molar-refractivity contribution in [2.75, 3.05) is 0 Å². The molecule has 0 aliphatic carbocycles. The molecule has 0 saturated heterocycles. The van der Waals surface area contributed by atoms with E-state index in [1.165, 1.54) is 47.3 Å². The van der Waals surface area contributed by atoms with E-state index < -0.39 is 0 Å². The summed E-state index contributed by atoms with van der Waals surface area (Å²) >= 11 is 1.90. The van der Waals surface area contributed by atoms with Gasteiger partial charge in [-0.25, -0.2) is 0 Å². The molecule has 0 fully saturated rings. The van der Waals surface area contributed by atoms with Gasteiger partial charge in [-0.05, 0) is 59.2 Å². The summed E-state index contributed by atoms with van der Waals surface area (Å²) in [6.45, 7) is 4.70. The highest BCUT2D eigenvalue weighted by atomic mass is 32.1. The van der Waals surface area contributed by atoms with E-state index in [0.717, 1.165) is 11.8 Å². The van der Waals surface area contributed by atoms with Crippen LogP contribution >= 0.6 is 11.3 Å². The minimum absolute atomic E-state index is 0.733. The zero-order chi connectivity index (χ0) is 17.5. The van der Waals surface area contributed by atoms with Gasteiger partial charge in [0, 0.05) is 4.88 Å². The first-order valence-corrected chi connectivity index (χ1v) is 10.3. The first-order valence-electron chi connectivity index (χ1n) is 9.41. The summed E-state index contributed by atoms with van der Waals surface area (Å²) in [5, 5.41) is 2.20. The lowest BCUT2D eigenvalue weighted by molar-refractivity contribution is 0.379. The summed E-state index contributed by atoms with van der Waals surface area (Å²) in [6.07, 6.45) is 4.97. The predicted octanol–water partition coefficient (Wildman–Crippen LogP) is 7.25. The molecule has 2 atom stereocenters. The summed E-state index contributed by atoms with van der Waals surface area (Å²) < 4.78 is 0. The molecule has 2 unspecified atom stereocenters. The van der Waals surface area contributed by atoms with E-state index in [2.05, 4.69) is 86.0 Å². The number of thiophene rings is 1. The summed E-state index contributed by atoms with van der Waals surface area (Å²) in [6, 6.07) is 24.3. The Hall–Kier alpha value is -1.86. The fourth-order valence-electron chi connectivity index (χ4n) is 3.48. The quantitative estimate of drug-likeness (QED) is 0.402. The van der Waals surface area contributed by atoms with Gasteiger partial charge >= 0.3 is 0 Å². The molecule has 0 spiro atoms. The summed E-state index contributed by atoms with van der Waals surface area (Å²) in [7, 11) is 0. The van der Waals surface area contributed by atoms with Gasteiger partial charge in [-0.15, -0.1) is 11.3 Å². The van der Waals surface area contributed by atoms with Crippen LogP contribution in [-0.2, 0) is 12.8 Å². The molecule has 0 amide bonds. The normalized spacial score (nSPS) is 13.5. The van der Waals surface area contributed by atoms with Gasteiger partial charge in [0.05, 0.1) is 0 Å². The first kappa shape index (κ1) is 17.9. The molecule has 1 aromatic heterocycles. The van der Waals surface area contributed by atoms with Crippen LogP contribution in [0, 0.1) is 11.8 Å². The Kier molecular flexibility index (Phi) is 6.47. The van der Waals surface area contributed by atoms with E-state index in [1.54, 1.807) is 0 Å². The molecule has 3 aromatic rings. The van der Waals surface area contributed by atoms with Crippen LogP contribution in [0.3, 0.4) is 0 Å². The van der Waals surface area contributed by atoms with E-state index in [0.29, 0.717) is 0 Å². The third kappa shape index (κ3) is 5.31. The van der Waals surface area contributed by atoms with Crippen LogP contribution in [0.4, 0.5) is 0 Å². The molecule has 1 heteroatoms. The fraction of sp³-hybridized carbons (Fsp3) is 0.333. The number of hydrogen-bond donors (Lipinski definition) is 0. The van der Waals surface area contributed by atoms with E-state index in [4.69, 9.17) is 0 Å². The van der Waals surface area contributed by atoms with Crippen molar-refractivity contribution in [3.63, 3.8) is 0 Å². The van der Waals surface area contributed by atoms with E-state index in [9.17, 15) is 0 Å². The molecule has 0 N–H and O–H groups in total. The standard InChI is InChI=1S/C24H28S/c1-3-19(2)16-21(18-24-10-7-15-25-24)17-20-11-13-23(14-12-20)22-8-5-4-6-9-22/h4-15,19,21H,3,16-18H2,1-2H3. The highest BCUT2D eigenvalue weighted by Gasteiger charge is 2.15. The summed E-state index contributed by atoms with van der Waals surface area (Å²) in [4.78, 5) is 1.52. The molecule has 0 aliphatic rings. The molecule has 0 radical (unpaired) electrons. The van der Waals surface area contributed by atoms with E-state index in [-0.39, 0.29) is 0 Å². The minimum Gasteiger partial charge on any atom is -0.149 e. The van der Waals surface area contributed by atoms with Crippen molar-refractivity contribution in [3.05, 3.63) is 82.6 Å². The average Bonchev–Trinajstić information content (AvgIpc) is 3.16. The van der Waals surface area contributed by atoms with Crippen LogP contribution < -0.4 is 0 Å². The van der Waals surface area contributed by atoms with Crippen molar-refractivity contribution in [1.82, 2.24) is 0 Å². The minimum atomic E-state index is 0.733. The van der Waals surface area contributed by atoms with Crippen LogP contribution in [0.25, 0.3) is 11.1 Å². The molecule has 0 saturated carbocycles. The van der Waals surface area contributed by atoms with Crippen LogP contribution in [0.1, 0.15) is 37.1 Å². The Bertz CT molecular complexity index is 726. The SMILES string of the molecule is CCC(C)CC(Cc1ccc(-c2ccccc2)cc1)Cc1cccs1. The molecule has 1 heterocycles. The van der Waals surface area contributed by atoms with Crippen LogP contribution in [0.5, 0.6) is 0 Å². The van der Waals surface area contributed by atoms with Crippen molar-refractivity contribution in [2.24, 2.45) is 11.8 Å². The lowest BCUT2D eigenvalue weighted by atomic mass is 9.86. The Morgan fingerprint density at radius 1 is 0.800 bits per heavy atom. The Morgan fingerprint density at radius 2 is 1.52 bits per heavy atom. The van der Waals surface area contributed by atoms with E-state index >= 15 is 0 Å². The Labute approximate surface area is 156 Å². The Morgan fingerprint density at radius 3 is 2.16 bits per heavy atom. The lowest BCUT2D eigenvalue weighted by Crippen LogP contribution is -2.12.